The lowest BCUT2D eigenvalue weighted by molar-refractivity contribution is 0.0396. The quantitative estimate of drug-likeness (QED) is 0.255. The first kappa shape index (κ1) is 27.4. The van der Waals surface area contributed by atoms with Crippen molar-refractivity contribution in [3.05, 3.63) is 0 Å². The smallest absolute Gasteiger partial charge is 0.0895 e. The minimum Gasteiger partial charge on any atom is -0.389 e. The van der Waals surface area contributed by atoms with Gasteiger partial charge in [-0.15, -0.1) is 12.4 Å². The van der Waals surface area contributed by atoms with Gasteiger partial charge in [-0.05, 0) is 6.42 Å². The molecule has 0 spiro atoms. The summed E-state index contributed by atoms with van der Waals surface area (Å²) in [6.07, 6.45) is 21.7. The number of rotatable bonds is 20. The fourth-order valence-corrected chi connectivity index (χ4v) is 3.04. The number of hydrogen-bond acceptors (Lipinski definition) is 3. The third kappa shape index (κ3) is 24.2. The van der Waals surface area contributed by atoms with Crippen molar-refractivity contribution < 1.29 is 9.84 Å². The second kappa shape index (κ2) is 24.2. The minimum atomic E-state index is -0.494. The molecule has 1 atom stereocenters. The maximum atomic E-state index is 9.24. The molecule has 0 radical (unpaired) electrons. The number of nitrogens with two attached hydrogens (primary N) is 1. The number of unbranched alkanes of at least 4 members (excludes halogenated alkanes) is 15. The Morgan fingerprint density at radius 3 is 1.40 bits per heavy atom. The van der Waals surface area contributed by atoms with Crippen LogP contribution in [0.5, 0.6) is 0 Å². The van der Waals surface area contributed by atoms with E-state index in [1.54, 1.807) is 0 Å². The first-order valence-corrected chi connectivity index (χ1v) is 10.8. The second-order valence-corrected chi connectivity index (χ2v) is 7.27. The molecule has 0 rings (SSSR count). The number of ether oxygens (including phenoxy) is 1. The number of aliphatic hydroxyl groups excluding tert-OH is 1. The molecule has 4 heteroatoms. The topological polar surface area (TPSA) is 55.5 Å². The molecule has 0 saturated carbocycles. The van der Waals surface area contributed by atoms with Crippen LogP contribution in [0, 0.1) is 0 Å². The Kier molecular flexibility index (Phi) is 26.5. The summed E-state index contributed by atoms with van der Waals surface area (Å²) in [6.45, 7) is 3.72. The van der Waals surface area contributed by atoms with Gasteiger partial charge in [-0.2, -0.15) is 0 Å². The Morgan fingerprint density at radius 1 is 0.680 bits per heavy atom. The largest absolute Gasteiger partial charge is 0.389 e. The van der Waals surface area contributed by atoms with E-state index in [4.69, 9.17) is 10.5 Å². The number of hydrogen-bond donors (Lipinski definition) is 2. The third-order valence-corrected chi connectivity index (χ3v) is 4.72. The second-order valence-electron chi connectivity index (χ2n) is 7.27. The first-order valence-electron chi connectivity index (χ1n) is 10.8. The fraction of sp³-hybridized carbons (Fsp3) is 1.00. The average molecular weight is 380 g/mol. The fourth-order valence-electron chi connectivity index (χ4n) is 3.04. The van der Waals surface area contributed by atoms with Gasteiger partial charge < -0.3 is 15.6 Å². The summed E-state index contributed by atoms with van der Waals surface area (Å²) in [5.74, 6) is 0. The van der Waals surface area contributed by atoms with E-state index in [1.807, 2.05) is 0 Å². The molecule has 3 N–H and O–H groups in total. The molecule has 0 aromatic heterocycles. The molecule has 154 valence electrons. The van der Waals surface area contributed by atoms with Gasteiger partial charge in [-0.25, -0.2) is 0 Å². The van der Waals surface area contributed by atoms with Crippen LogP contribution < -0.4 is 5.73 Å². The molecule has 0 aliphatic rings. The van der Waals surface area contributed by atoms with E-state index in [0.717, 1.165) is 13.0 Å². The normalized spacial score (nSPS) is 12.1. The van der Waals surface area contributed by atoms with E-state index in [-0.39, 0.29) is 12.4 Å². The van der Waals surface area contributed by atoms with Gasteiger partial charge in [0, 0.05) is 13.2 Å². The Morgan fingerprint density at radius 2 is 1.04 bits per heavy atom. The standard InChI is InChI=1S/C21H45NO2.ClH/c1-2-3-4-5-6-7-8-9-10-11-12-13-14-15-16-17-18-24-20-21(23)19-22;/h21,23H,2-20,22H2,1H3;1H. The Bertz CT molecular complexity index is 230. The molecular weight excluding hydrogens is 334 g/mol. The molecular formula is C21H46ClNO2. The van der Waals surface area contributed by atoms with Gasteiger partial charge >= 0.3 is 0 Å². The molecule has 0 amide bonds. The Balaban J connectivity index is 0. The predicted molar refractivity (Wildman–Crippen MR) is 113 cm³/mol. The molecule has 25 heavy (non-hydrogen) atoms. The Labute approximate surface area is 163 Å². The lowest BCUT2D eigenvalue weighted by atomic mass is 10.0. The average Bonchev–Trinajstić information content (AvgIpc) is 2.60. The molecule has 0 heterocycles. The van der Waals surface area contributed by atoms with Crippen LogP contribution in [0.4, 0.5) is 0 Å². The number of aliphatic hydroxyl groups is 1. The van der Waals surface area contributed by atoms with Crippen LogP contribution in [0.25, 0.3) is 0 Å². The summed E-state index contributed by atoms with van der Waals surface area (Å²) in [5.41, 5.74) is 5.32. The van der Waals surface area contributed by atoms with Crippen molar-refractivity contribution in [2.45, 2.75) is 116 Å². The van der Waals surface area contributed by atoms with Crippen LogP contribution in [-0.4, -0.2) is 31.0 Å². The third-order valence-electron chi connectivity index (χ3n) is 4.72. The van der Waals surface area contributed by atoms with E-state index < -0.39 is 6.10 Å². The molecule has 0 aromatic carbocycles. The van der Waals surface area contributed by atoms with Crippen molar-refractivity contribution >= 4 is 12.4 Å². The molecule has 0 aromatic rings. The molecule has 0 saturated heterocycles. The first-order chi connectivity index (χ1) is 11.8. The van der Waals surface area contributed by atoms with Crippen molar-refractivity contribution in [3.8, 4) is 0 Å². The van der Waals surface area contributed by atoms with Gasteiger partial charge in [0.15, 0.2) is 0 Å². The van der Waals surface area contributed by atoms with Gasteiger partial charge in [0.2, 0.25) is 0 Å². The maximum Gasteiger partial charge on any atom is 0.0895 e. The van der Waals surface area contributed by atoms with Crippen molar-refractivity contribution in [1.29, 1.82) is 0 Å². The zero-order chi connectivity index (χ0) is 17.7. The van der Waals surface area contributed by atoms with Gasteiger partial charge in [0.05, 0.1) is 12.7 Å². The van der Waals surface area contributed by atoms with Crippen molar-refractivity contribution in [1.82, 2.24) is 0 Å². The van der Waals surface area contributed by atoms with Crippen LogP contribution in [0.15, 0.2) is 0 Å². The zero-order valence-electron chi connectivity index (χ0n) is 16.9. The van der Waals surface area contributed by atoms with Crippen LogP contribution in [0.3, 0.4) is 0 Å². The van der Waals surface area contributed by atoms with Gasteiger partial charge in [0.25, 0.3) is 0 Å². The van der Waals surface area contributed by atoms with E-state index >= 15 is 0 Å². The van der Waals surface area contributed by atoms with E-state index in [9.17, 15) is 5.11 Å². The highest BCUT2D eigenvalue weighted by Gasteiger charge is 1.99. The molecule has 0 fully saturated rings. The minimum absolute atomic E-state index is 0. The summed E-state index contributed by atoms with van der Waals surface area (Å²) < 4.78 is 5.38. The van der Waals surface area contributed by atoms with Gasteiger partial charge in [-0.3, -0.25) is 0 Å². The predicted octanol–water partition coefficient (Wildman–Crippen LogP) is 6.01. The molecule has 1 unspecified atom stereocenters. The highest BCUT2D eigenvalue weighted by atomic mass is 35.5. The SMILES string of the molecule is CCCCCCCCCCCCCCCCCCOCC(O)CN.Cl. The summed E-state index contributed by atoms with van der Waals surface area (Å²) in [4.78, 5) is 0. The lowest BCUT2D eigenvalue weighted by Crippen LogP contribution is -2.25. The zero-order valence-corrected chi connectivity index (χ0v) is 17.7. The van der Waals surface area contributed by atoms with Crippen LogP contribution in [-0.2, 0) is 4.74 Å². The molecule has 0 aliphatic heterocycles. The van der Waals surface area contributed by atoms with Crippen molar-refractivity contribution in [2.75, 3.05) is 19.8 Å². The van der Waals surface area contributed by atoms with Crippen molar-refractivity contribution in [2.24, 2.45) is 5.73 Å². The summed E-state index contributed by atoms with van der Waals surface area (Å²) in [5, 5.41) is 9.24. The van der Waals surface area contributed by atoms with E-state index in [2.05, 4.69) is 6.92 Å². The molecule has 3 nitrogen and oxygen atoms in total. The van der Waals surface area contributed by atoms with E-state index in [0.29, 0.717) is 13.2 Å². The van der Waals surface area contributed by atoms with Gasteiger partial charge in [0.1, 0.15) is 0 Å². The van der Waals surface area contributed by atoms with Crippen LogP contribution in [0.2, 0.25) is 0 Å². The highest BCUT2D eigenvalue weighted by Crippen LogP contribution is 2.13. The molecule has 0 aliphatic carbocycles. The molecule has 0 bridgehead atoms. The Hall–Kier alpha value is 0.170. The lowest BCUT2D eigenvalue weighted by Gasteiger charge is -2.08. The van der Waals surface area contributed by atoms with E-state index in [1.165, 1.54) is 96.3 Å². The monoisotopic (exact) mass is 379 g/mol. The van der Waals surface area contributed by atoms with Gasteiger partial charge in [-0.1, -0.05) is 103 Å². The maximum absolute atomic E-state index is 9.24. The van der Waals surface area contributed by atoms with Crippen LogP contribution >= 0.6 is 12.4 Å². The summed E-state index contributed by atoms with van der Waals surface area (Å²) in [6, 6.07) is 0. The summed E-state index contributed by atoms with van der Waals surface area (Å²) in [7, 11) is 0. The van der Waals surface area contributed by atoms with Crippen molar-refractivity contribution in [3.63, 3.8) is 0 Å². The van der Waals surface area contributed by atoms with Crippen LogP contribution in [0.1, 0.15) is 110 Å². The number of halogens is 1. The highest BCUT2D eigenvalue weighted by molar-refractivity contribution is 5.85. The summed E-state index contributed by atoms with van der Waals surface area (Å²) >= 11 is 0.